The Morgan fingerprint density at radius 1 is 1.08 bits per heavy atom. The van der Waals surface area contributed by atoms with Crippen LogP contribution in [0.2, 0.25) is 0 Å². The predicted molar refractivity (Wildman–Crippen MR) is 103 cm³/mol. The number of rotatable bonds is 6. The van der Waals surface area contributed by atoms with E-state index in [4.69, 9.17) is 0 Å². The van der Waals surface area contributed by atoms with E-state index < -0.39 is 0 Å². The molecule has 0 aliphatic carbocycles. The number of benzene rings is 1. The number of anilines is 1. The van der Waals surface area contributed by atoms with E-state index in [2.05, 4.69) is 21.9 Å². The van der Waals surface area contributed by atoms with Gasteiger partial charge in [-0.15, -0.1) is 11.8 Å². The smallest absolute Gasteiger partial charge is 0.258 e. The van der Waals surface area contributed by atoms with E-state index in [9.17, 15) is 4.79 Å². The highest BCUT2D eigenvalue weighted by atomic mass is 32.2. The zero-order valence-corrected chi connectivity index (χ0v) is 14.4. The predicted octanol–water partition coefficient (Wildman–Crippen LogP) is 4.66. The molecule has 2 aromatic heterocycles. The second-order valence-corrected chi connectivity index (χ2v) is 6.24. The number of hydrogen-bond donors (Lipinski definition) is 1. The standard InChI is InChI=1S/C20H17N3OS/c1-2-15-5-7-17(8-6-15)23-19(24)18-4-3-11-22-20(18)25-14-16-9-12-21-13-10-16/h2-13H,1,14H2,(H,23,24). The largest absolute Gasteiger partial charge is 0.322 e. The van der Waals surface area contributed by atoms with Crippen molar-refractivity contribution < 1.29 is 4.79 Å². The van der Waals surface area contributed by atoms with Crippen molar-refractivity contribution in [3.8, 4) is 0 Å². The molecule has 4 nitrogen and oxygen atoms in total. The molecule has 0 aliphatic rings. The lowest BCUT2D eigenvalue weighted by molar-refractivity contribution is 0.102. The summed E-state index contributed by atoms with van der Waals surface area (Å²) < 4.78 is 0. The van der Waals surface area contributed by atoms with Crippen LogP contribution in [-0.4, -0.2) is 15.9 Å². The molecule has 0 fully saturated rings. The molecule has 0 radical (unpaired) electrons. The molecule has 0 spiro atoms. The molecule has 5 heteroatoms. The van der Waals surface area contributed by atoms with Gasteiger partial charge in [0.25, 0.3) is 5.91 Å². The van der Waals surface area contributed by atoms with Crippen molar-refractivity contribution in [3.05, 3.63) is 90.4 Å². The number of carbonyl (C=O) groups excluding carboxylic acids is 1. The van der Waals surface area contributed by atoms with E-state index in [0.29, 0.717) is 10.6 Å². The summed E-state index contributed by atoms with van der Waals surface area (Å²) in [5.41, 5.74) is 3.45. The van der Waals surface area contributed by atoms with Crippen LogP contribution in [0, 0.1) is 0 Å². The lowest BCUT2D eigenvalue weighted by Gasteiger charge is -2.09. The van der Waals surface area contributed by atoms with E-state index in [1.807, 2.05) is 36.4 Å². The fourth-order valence-corrected chi connectivity index (χ4v) is 3.16. The highest BCUT2D eigenvalue weighted by Gasteiger charge is 2.13. The van der Waals surface area contributed by atoms with Gasteiger partial charge in [-0.3, -0.25) is 9.78 Å². The number of pyridine rings is 2. The van der Waals surface area contributed by atoms with Gasteiger partial charge in [-0.05, 0) is 47.5 Å². The number of nitrogens with zero attached hydrogens (tertiary/aromatic N) is 2. The first-order valence-electron chi connectivity index (χ1n) is 7.77. The lowest BCUT2D eigenvalue weighted by atomic mass is 10.2. The summed E-state index contributed by atoms with van der Waals surface area (Å²) in [6.07, 6.45) is 6.98. The number of carbonyl (C=O) groups is 1. The summed E-state index contributed by atoms with van der Waals surface area (Å²) in [7, 11) is 0. The normalized spacial score (nSPS) is 10.2. The Morgan fingerprint density at radius 2 is 1.84 bits per heavy atom. The molecule has 25 heavy (non-hydrogen) atoms. The highest BCUT2D eigenvalue weighted by molar-refractivity contribution is 7.98. The SMILES string of the molecule is C=Cc1ccc(NC(=O)c2cccnc2SCc2ccncc2)cc1. The maximum absolute atomic E-state index is 12.6. The molecule has 0 atom stereocenters. The van der Waals surface area contributed by atoms with Crippen molar-refractivity contribution in [3.63, 3.8) is 0 Å². The number of aromatic nitrogens is 2. The summed E-state index contributed by atoms with van der Waals surface area (Å²) in [4.78, 5) is 21.0. The summed E-state index contributed by atoms with van der Waals surface area (Å²) in [5.74, 6) is 0.560. The van der Waals surface area contributed by atoms with Crippen molar-refractivity contribution in [2.24, 2.45) is 0 Å². The van der Waals surface area contributed by atoms with Gasteiger partial charge in [0.15, 0.2) is 0 Å². The van der Waals surface area contributed by atoms with Gasteiger partial charge in [-0.25, -0.2) is 4.98 Å². The summed E-state index contributed by atoms with van der Waals surface area (Å²) in [5, 5.41) is 3.62. The Morgan fingerprint density at radius 3 is 2.56 bits per heavy atom. The molecule has 124 valence electrons. The first kappa shape index (κ1) is 16.9. The van der Waals surface area contributed by atoms with Crippen LogP contribution in [0.5, 0.6) is 0 Å². The van der Waals surface area contributed by atoms with Crippen molar-refractivity contribution in [2.75, 3.05) is 5.32 Å². The van der Waals surface area contributed by atoms with Crippen molar-refractivity contribution in [2.45, 2.75) is 10.8 Å². The molecule has 2 heterocycles. The molecule has 1 amide bonds. The third kappa shape index (κ3) is 4.55. The molecule has 0 saturated heterocycles. The molecular formula is C20H17N3OS. The third-order valence-electron chi connectivity index (χ3n) is 3.54. The van der Waals surface area contributed by atoms with Gasteiger partial charge in [0.1, 0.15) is 5.03 Å². The molecule has 0 saturated carbocycles. The van der Waals surface area contributed by atoms with Crippen LogP contribution in [0.3, 0.4) is 0 Å². The number of nitrogens with one attached hydrogen (secondary N) is 1. The van der Waals surface area contributed by atoms with Gasteiger partial charge in [0, 0.05) is 30.0 Å². The van der Waals surface area contributed by atoms with Crippen LogP contribution in [0.15, 0.2) is 78.7 Å². The highest BCUT2D eigenvalue weighted by Crippen LogP contribution is 2.24. The Labute approximate surface area is 151 Å². The summed E-state index contributed by atoms with van der Waals surface area (Å²) in [6.45, 7) is 3.72. The van der Waals surface area contributed by atoms with E-state index >= 15 is 0 Å². The zero-order valence-electron chi connectivity index (χ0n) is 13.6. The van der Waals surface area contributed by atoms with Crippen molar-refractivity contribution in [1.82, 2.24) is 9.97 Å². The van der Waals surface area contributed by atoms with Crippen LogP contribution in [0.25, 0.3) is 6.08 Å². The average Bonchev–Trinajstić information content (AvgIpc) is 2.68. The minimum Gasteiger partial charge on any atom is -0.322 e. The minimum atomic E-state index is -0.170. The second-order valence-electron chi connectivity index (χ2n) is 5.28. The Hall–Kier alpha value is -2.92. The molecule has 3 rings (SSSR count). The van der Waals surface area contributed by atoms with E-state index in [-0.39, 0.29) is 5.91 Å². The first-order chi connectivity index (χ1) is 12.3. The van der Waals surface area contributed by atoms with Crippen LogP contribution >= 0.6 is 11.8 Å². The quantitative estimate of drug-likeness (QED) is 0.659. The first-order valence-corrected chi connectivity index (χ1v) is 8.75. The fraction of sp³-hybridized carbons (Fsp3) is 0.0500. The minimum absolute atomic E-state index is 0.170. The molecule has 1 aromatic carbocycles. The van der Waals surface area contributed by atoms with Gasteiger partial charge >= 0.3 is 0 Å². The van der Waals surface area contributed by atoms with Crippen LogP contribution in [0.4, 0.5) is 5.69 Å². The van der Waals surface area contributed by atoms with Crippen LogP contribution in [0.1, 0.15) is 21.5 Å². The van der Waals surface area contributed by atoms with E-state index in [1.54, 1.807) is 36.8 Å². The molecular weight excluding hydrogens is 330 g/mol. The number of amides is 1. The second kappa shape index (κ2) is 8.26. The van der Waals surface area contributed by atoms with Crippen LogP contribution < -0.4 is 5.32 Å². The molecule has 3 aromatic rings. The third-order valence-corrected chi connectivity index (χ3v) is 4.62. The number of thioether (sulfide) groups is 1. The van der Waals surface area contributed by atoms with Crippen molar-refractivity contribution >= 4 is 29.4 Å². The van der Waals surface area contributed by atoms with Gasteiger partial charge in [-0.1, -0.05) is 24.8 Å². The van der Waals surface area contributed by atoms with E-state index in [1.165, 1.54) is 11.8 Å². The van der Waals surface area contributed by atoms with Crippen molar-refractivity contribution in [1.29, 1.82) is 0 Å². The summed E-state index contributed by atoms with van der Waals surface area (Å²) in [6, 6.07) is 15.0. The fourth-order valence-electron chi connectivity index (χ4n) is 2.21. The molecule has 1 N–H and O–H groups in total. The lowest BCUT2D eigenvalue weighted by Crippen LogP contribution is -2.13. The van der Waals surface area contributed by atoms with E-state index in [0.717, 1.165) is 22.6 Å². The maximum atomic E-state index is 12.6. The maximum Gasteiger partial charge on any atom is 0.258 e. The topological polar surface area (TPSA) is 54.9 Å². The molecule has 0 aliphatic heterocycles. The van der Waals surface area contributed by atoms with Gasteiger partial charge in [0.2, 0.25) is 0 Å². The van der Waals surface area contributed by atoms with Gasteiger partial charge < -0.3 is 5.32 Å². The van der Waals surface area contributed by atoms with Gasteiger partial charge in [0.05, 0.1) is 5.56 Å². The van der Waals surface area contributed by atoms with Crippen LogP contribution in [-0.2, 0) is 5.75 Å². The van der Waals surface area contributed by atoms with Gasteiger partial charge in [-0.2, -0.15) is 0 Å². The summed E-state index contributed by atoms with van der Waals surface area (Å²) >= 11 is 1.53. The average molecular weight is 347 g/mol. The zero-order chi connectivity index (χ0) is 17.5. The monoisotopic (exact) mass is 347 g/mol. The Kier molecular flexibility index (Phi) is 5.59. The molecule has 0 unspecified atom stereocenters. The number of hydrogen-bond acceptors (Lipinski definition) is 4. The Balaban J connectivity index is 1.72. The Bertz CT molecular complexity index is 864. The molecule has 0 bridgehead atoms.